The van der Waals surface area contributed by atoms with E-state index >= 15 is 0 Å². The van der Waals surface area contributed by atoms with Gasteiger partial charge in [-0.3, -0.25) is 0 Å². The van der Waals surface area contributed by atoms with Crippen LogP contribution in [0.4, 0.5) is 0 Å². The van der Waals surface area contributed by atoms with Crippen molar-refractivity contribution in [3.63, 3.8) is 0 Å². The zero-order chi connectivity index (χ0) is 10.7. The van der Waals surface area contributed by atoms with Gasteiger partial charge >= 0.3 is 0 Å². The van der Waals surface area contributed by atoms with Crippen molar-refractivity contribution >= 4 is 11.8 Å². The van der Waals surface area contributed by atoms with Gasteiger partial charge < -0.3 is 5.73 Å². The molecule has 0 radical (unpaired) electrons. The molecule has 0 spiro atoms. The first kappa shape index (κ1) is 11.0. The normalized spacial score (nSPS) is 15.1. The number of nitrogens with two attached hydrogens (primary N) is 1. The predicted molar refractivity (Wildman–Crippen MR) is 65.2 cm³/mol. The Kier molecular flexibility index (Phi) is 3.65. The third kappa shape index (κ3) is 2.34. The molecule has 0 aromatic carbocycles. The minimum absolute atomic E-state index is 0.614. The molecule has 82 valence electrons. The second-order valence-corrected chi connectivity index (χ2v) is 5.16. The summed E-state index contributed by atoms with van der Waals surface area (Å²) in [7, 11) is 0. The lowest BCUT2D eigenvalue weighted by molar-refractivity contribution is 0.656. The average Bonchev–Trinajstić information content (AvgIpc) is 2.28. The SMILES string of the molecule is CCSc1nc2c(cc1CN)CCCC2. The summed E-state index contributed by atoms with van der Waals surface area (Å²) >= 11 is 1.81. The summed E-state index contributed by atoms with van der Waals surface area (Å²) in [4.78, 5) is 4.76. The van der Waals surface area contributed by atoms with Crippen molar-refractivity contribution in [3.05, 3.63) is 22.9 Å². The quantitative estimate of drug-likeness (QED) is 0.799. The van der Waals surface area contributed by atoms with E-state index in [1.807, 2.05) is 11.8 Å². The number of fused-ring (bicyclic) bond motifs is 1. The van der Waals surface area contributed by atoms with Crippen LogP contribution in [0.2, 0.25) is 0 Å². The van der Waals surface area contributed by atoms with Crippen LogP contribution in [0.3, 0.4) is 0 Å². The Morgan fingerprint density at radius 3 is 2.93 bits per heavy atom. The highest BCUT2D eigenvalue weighted by Gasteiger charge is 2.14. The summed E-state index contributed by atoms with van der Waals surface area (Å²) in [5.41, 5.74) is 9.73. The van der Waals surface area contributed by atoms with Gasteiger partial charge in [-0.25, -0.2) is 4.98 Å². The zero-order valence-electron chi connectivity index (χ0n) is 9.25. The molecular weight excluding hydrogens is 204 g/mol. The highest BCUT2D eigenvalue weighted by Crippen LogP contribution is 2.27. The molecule has 0 bridgehead atoms. The number of aryl methyl sites for hydroxylation is 2. The lowest BCUT2D eigenvalue weighted by atomic mass is 9.95. The zero-order valence-corrected chi connectivity index (χ0v) is 10.1. The maximum Gasteiger partial charge on any atom is 0.101 e. The molecule has 0 aliphatic heterocycles. The molecule has 2 rings (SSSR count). The van der Waals surface area contributed by atoms with E-state index < -0.39 is 0 Å². The second kappa shape index (κ2) is 4.99. The van der Waals surface area contributed by atoms with E-state index in [4.69, 9.17) is 10.7 Å². The Bertz CT molecular complexity index is 350. The number of pyridine rings is 1. The summed E-state index contributed by atoms with van der Waals surface area (Å²) in [5.74, 6) is 1.07. The second-order valence-electron chi connectivity index (χ2n) is 3.90. The fraction of sp³-hybridized carbons (Fsp3) is 0.583. The van der Waals surface area contributed by atoms with Crippen LogP contribution < -0.4 is 5.73 Å². The maximum absolute atomic E-state index is 5.76. The van der Waals surface area contributed by atoms with Crippen LogP contribution in [0.1, 0.15) is 36.6 Å². The van der Waals surface area contributed by atoms with Gasteiger partial charge in [0.25, 0.3) is 0 Å². The fourth-order valence-electron chi connectivity index (χ4n) is 2.07. The van der Waals surface area contributed by atoms with E-state index in [1.54, 1.807) is 0 Å². The van der Waals surface area contributed by atoms with E-state index in [-0.39, 0.29) is 0 Å². The van der Waals surface area contributed by atoms with Gasteiger partial charge in [0.05, 0.1) is 0 Å². The van der Waals surface area contributed by atoms with Crippen molar-refractivity contribution in [2.75, 3.05) is 5.75 Å². The number of aromatic nitrogens is 1. The standard InChI is InChI=1S/C12H18N2S/c1-2-15-12-10(8-13)7-9-5-3-4-6-11(9)14-12/h7H,2-6,8,13H2,1H3. The number of hydrogen-bond donors (Lipinski definition) is 1. The summed E-state index contributed by atoms with van der Waals surface area (Å²) in [6.07, 6.45) is 4.93. The Morgan fingerprint density at radius 1 is 1.40 bits per heavy atom. The number of hydrogen-bond acceptors (Lipinski definition) is 3. The first-order valence-corrected chi connectivity index (χ1v) is 6.68. The monoisotopic (exact) mass is 222 g/mol. The summed E-state index contributed by atoms with van der Waals surface area (Å²) < 4.78 is 0. The number of rotatable bonds is 3. The molecule has 1 heterocycles. The van der Waals surface area contributed by atoms with Gasteiger partial charge in [-0.15, -0.1) is 11.8 Å². The fourth-order valence-corrected chi connectivity index (χ4v) is 2.85. The highest BCUT2D eigenvalue weighted by atomic mass is 32.2. The van der Waals surface area contributed by atoms with Crippen LogP contribution in [-0.4, -0.2) is 10.7 Å². The van der Waals surface area contributed by atoms with Crippen LogP contribution in [0.5, 0.6) is 0 Å². The van der Waals surface area contributed by atoms with Gasteiger partial charge in [-0.05, 0) is 42.6 Å². The third-order valence-electron chi connectivity index (χ3n) is 2.84. The van der Waals surface area contributed by atoms with Crippen molar-refractivity contribution in [3.8, 4) is 0 Å². The molecule has 0 fully saturated rings. The highest BCUT2D eigenvalue weighted by molar-refractivity contribution is 7.99. The minimum Gasteiger partial charge on any atom is -0.326 e. The molecule has 1 aromatic heterocycles. The first-order chi connectivity index (χ1) is 7.35. The Labute approximate surface area is 95.7 Å². The van der Waals surface area contributed by atoms with Crippen molar-refractivity contribution in [2.24, 2.45) is 5.73 Å². The van der Waals surface area contributed by atoms with Crippen LogP contribution in [0, 0.1) is 0 Å². The maximum atomic E-state index is 5.76. The molecule has 0 amide bonds. The molecule has 2 nitrogen and oxygen atoms in total. The summed E-state index contributed by atoms with van der Waals surface area (Å²) in [5, 5.41) is 1.15. The molecule has 15 heavy (non-hydrogen) atoms. The molecule has 2 N–H and O–H groups in total. The predicted octanol–water partition coefficient (Wildman–Crippen LogP) is 2.53. The van der Waals surface area contributed by atoms with Gasteiger partial charge in [-0.1, -0.05) is 13.0 Å². The summed E-state index contributed by atoms with van der Waals surface area (Å²) in [6.45, 7) is 2.77. The molecule has 0 atom stereocenters. The molecule has 1 aliphatic rings. The van der Waals surface area contributed by atoms with Crippen molar-refractivity contribution in [1.29, 1.82) is 0 Å². The lowest BCUT2D eigenvalue weighted by Gasteiger charge is -2.17. The Balaban J connectivity index is 2.37. The first-order valence-electron chi connectivity index (χ1n) is 5.69. The molecule has 1 aromatic rings. The Morgan fingerprint density at radius 2 is 2.20 bits per heavy atom. The van der Waals surface area contributed by atoms with Crippen molar-refractivity contribution in [2.45, 2.75) is 44.2 Å². The topological polar surface area (TPSA) is 38.9 Å². The van der Waals surface area contributed by atoms with Crippen LogP contribution >= 0.6 is 11.8 Å². The molecular formula is C12H18N2S. The van der Waals surface area contributed by atoms with E-state index in [0.29, 0.717) is 6.54 Å². The molecule has 0 saturated heterocycles. The van der Waals surface area contributed by atoms with Gasteiger partial charge in [-0.2, -0.15) is 0 Å². The van der Waals surface area contributed by atoms with Gasteiger partial charge in [0, 0.05) is 12.2 Å². The molecule has 3 heteroatoms. The number of nitrogens with zero attached hydrogens (tertiary/aromatic N) is 1. The van der Waals surface area contributed by atoms with Gasteiger partial charge in [0.15, 0.2) is 0 Å². The van der Waals surface area contributed by atoms with E-state index in [2.05, 4.69) is 13.0 Å². The average molecular weight is 222 g/mol. The number of thioether (sulfide) groups is 1. The Hall–Kier alpha value is -0.540. The van der Waals surface area contributed by atoms with Crippen LogP contribution in [0.15, 0.2) is 11.1 Å². The largest absolute Gasteiger partial charge is 0.326 e. The van der Waals surface area contributed by atoms with Crippen molar-refractivity contribution in [1.82, 2.24) is 4.98 Å². The van der Waals surface area contributed by atoms with Gasteiger partial charge in [0.1, 0.15) is 5.03 Å². The van der Waals surface area contributed by atoms with E-state index in [1.165, 1.54) is 36.1 Å². The van der Waals surface area contributed by atoms with E-state index in [0.717, 1.165) is 17.2 Å². The lowest BCUT2D eigenvalue weighted by Crippen LogP contribution is -2.10. The molecule has 1 aliphatic carbocycles. The molecule has 0 unspecified atom stereocenters. The van der Waals surface area contributed by atoms with Crippen LogP contribution in [0.25, 0.3) is 0 Å². The third-order valence-corrected chi connectivity index (χ3v) is 3.76. The van der Waals surface area contributed by atoms with E-state index in [9.17, 15) is 0 Å². The van der Waals surface area contributed by atoms with Crippen LogP contribution in [-0.2, 0) is 19.4 Å². The van der Waals surface area contributed by atoms with Gasteiger partial charge in [0.2, 0.25) is 0 Å². The summed E-state index contributed by atoms with van der Waals surface area (Å²) in [6, 6.07) is 2.28. The minimum atomic E-state index is 0.614. The van der Waals surface area contributed by atoms with Crippen molar-refractivity contribution < 1.29 is 0 Å². The smallest absolute Gasteiger partial charge is 0.101 e. The molecule has 0 saturated carbocycles.